The third-order valence-electron chi connectivity index (χ3n) is 4.40. The van der Waals surface area contributed by atoms with Gasteiger partial charge in [0.2, 0.25) is 5.88 Å². The zero-order valence-electron chi connectivity index (χ0n) is 16.9. The van der Waals surface area contributed by atoms with Crippen molar-refractivity contribution in [1.29, 1.82) is 0 Å². The maximum atomic E-state index is 5.89. The standard InChI is InChI=1S/C21H24ClN3O3S/c1-12(22)10-28-21-16(9-23-13(2)18-11-29-14(3)24-18)6-15-7-19(26-4)20(27-5)8-17(15)25-21/h6-8,11,13,23H,1,9-10H2,2-5H3. The number of hydrogen-bond donors (Lipinski definition) is 1. The fourth-order valence-corrected chi connectivity index (χ4v) is 3.63. The van der Waals surface area contributed by atoms with Crippen LogP contribution in [0.2, 0.25) is 0 Å². The first-order valence-electron chi connectivity index (χ1n) is 9.08. The molecule has 1 N–H and O–H groups in total. The number of fused-ring (bicyclic) bond motifs is 1. The lowest BCUT2D eigenvalue weighted by atomic mass is 10.1. The van der Waals surface area contributed by atoms with Crippen LogP contribution in [0.3, 0.4) is 0 Å². The van der Waals surface area contributed by atoms with Gasteiger partial charge < -0.3 is 19.5 Å². The van der Waals surface area contributed by atoms with Crippen molar-refractivity contribution in [2.24, 2.45) is 0 Å². The van der Waals surface area contributed by atoms with Gasteiger partial charge in [-0.05, 0) is 26.0 Å². The van der Waals surface area contributed by atoms with Gasteiger partial charge in [0.15, 0.2) is 11.5 Å². The normalized spacial score (nSPS) is 12.0. The highest BCUT2D eigenvalue weighted by Gasteiger charge is 2.15. The average molecular weight is 434 g/mol. The fourth-order valence-electron chi connectivity index (χ4n) is 2.87. The number of nitrogens with zero attached hydrogens (tertiary/aromatic N) is 2. The number of benzene rings is 1. The van der Waals surface area contributed by atoms with E-state index in [4.69, 9.17) is 25.8 Å². The third kappa shape index (κ3) is 5.18. The quantitative estimate of drug-likeness (QED) is 0.512. The van der Waals surface area contributed by atoms with Crippen LogP contribution in [-0.2, 0) is 6.54 Å². The number of halogens is 1. The van der Waals surface area contributed by atoms with Crippen LogP contribution in [0.5, 0.6) is 17.4 Å². The topological polar surface area (TPSA) is 65.5 Å². The van der Waals surface area contributed by atoms with E-state index in [0.29, 0.717) is 29.0 Å². The molecule has 1 atom stereocenters. The second-order valence-corrected chi connectivity index (χ2v) is 8.15. The van der Waals surface area contributed by atoms with Gasteiger partial charge in [-0.2, -0.15) is 0 Å². The van der Waals surface area contributed by atoms with Gasteiger partial charge >= 0.3 is 0 Å². The average Bonchev–Trinajstić information content (AvgIpc) is 3.15. The Balaban J connectivity index is 1.93. The zero-order chi connectivity index (χ0) is 21.0. The van der Waals surface area contributed by atoms with E-state index in [-0.39, 0.29) is 12.6 Å². The lowest BCUT2D eigenvalue weighted by molar-refractivity contribution is 0.340. The smallest absolute Gasteiger partial charge is 0.218 e. The molecule has 154 valence electrons. The van der Waals surface area contributed by atoms with Gasteiger partial charge in [0.05, 0.1) is 30.4 Å². The molecule has 0 aliphatic carbocycles. The summed E-state index contributed by atoms with van der Waals surface area (Å²) in [6.07, 6.45) is 0. The first kappa shape index (κ1) is 21.4. The van der Waals surface area contributed by atoms with E-state index in [0.717, 1.165) is 27.2 Å². The lowest BCUT2D eigenvalue weighted by Crippen LogP contribution is -2.19. The number of thiazole rings is 1. The van der Waals surface area contributed by atoms with Crippen molar-refractivity contribution < 1.29 is 14.2 Å². The molecule has 1 aromatic carbocycles. The van der Waals surface area contributed by atoms with E-state index in [1.807, 2.05) is 25.1 Å². The Bertz CT molecular complexity index is 1020. The van der Waals surface area contributed by atoms with Crippen LogP contribution in [0.4, 0.5) is 0 Å². The highest BCUT2D eigenvalue weighted by molar-refractivity contribution is 7.09. The van der Waals surface area contributed by atoms with Crippen LogP contribution in [0.25, 0.3) is 10.9 Å². The highest BCUT2D eigenvalue weighted by atomic mass is 35.5. The molecule has 0 spiro atoms. The minimum atomic E-state index is 0.0943. The van der Waals surface area contributed by atoms with Crippen LogP contribution in [0.1, 0.15) is 29.2 Å². The number of nitrogens with one attached hydrogen (secondary N) is 1. The lowest BCUT2D eigenvalue weighted by Gasteiger charge is -2.16. The molecule has 0 aliphatic heterocycles. The highest BCUT2D eigenvalue weighted by Crippen LogP contribution is 2.34. The number of ether oxygens (including phenoxy) is 3. The molecule has 3 rings (SSSR count). The number of aryl methyl sites for hydroxylation is 1. The number of pyridine rings is 1. The van der Waals surface area contributed by atoms with E-state index >= 15 is 0 Å². The maximum absolute atomic E-state index is 5.89. The maximum Gasteiger partial charge on any atom is 0.218 e. The van der Waals surface area contributed by atoms with Gasteiger partial charge in [0, 0.05) is 40.0 Å². The molecule has 0 fully saturated rings. The van der Waals surface area contributed by atoms with Crippen LogP contribution in [-0.4, -0.2) is 30.8 Å². The summed E-state index contributed by atoms with van der Waals surface area (Å²) in [7, 11) is 3.21. The van der Waals surface area contributed by atoms with Crippen LogP contribution >= 0.6 is 22.9 Å². The molecular weight excluding hydrogens is 410 g/mol. The van der Waals surface area contributed by atoms with Gasteiger partial charge in [-0.3, -0.25) is 0 Å². The summed E-state index contributed by atoms with van der Waals surface area (Å²) in [6, 6.07) is 5.86. The predicted molar refractivity (Wildman–Crippen MR) is 117 cm³/mol. The first-order valence-corrected chi connectivity index (χ1v) is 10.3. The van der Waals surface area contributed by atoms with E-state index in [2.05, 4.69) is 34.2 Å². The Morgan fingerprint density at radius 2 is 1.93 bits per heavy atom. The summed E-state index contributed by atoms with van der Waals surface area (Å²) in [5.41, 5.74) is 2.66. The van der Waals surface area contributed by atoms with Crippen molar-refractivity contribution in [3.63, 3.8) is 0 Å². The van der Waals surface area contributed by atoms with E-state index in [1.54, 1.807) is 25.6 Å². The van der Waals surface area contributed by atoms with Gasteiger partial charge in [0.25, 0.3) is 0 Å². The van der Waals surface area contributed by atoms with Crippen LogP contribution < -0.4 is 19.5 Å². The summed E-state index contributed by atoms with van der Waals surface area (Å²) in [5.74, 6) is 1.76. The molecule has 8 heteroatoms. The van der Waals surface area contributed by atoms with Crippen LogP contribution in [0, 0.1) is 6.92 Å². The summed E-state index contributed by atoms with van der Waals surface area (Å²) < 4.78 is 16.6. The Morgan fingerprint density at radius 3 is 2.55 bits per heavy atom. The van der Waals surface area contributed by atoms with Gasteiger partial charge in [0.1, 0.15) is 6.61 Å². The Kier molecular flexibility index (Phi) is 6.95. The molecule has 0 radical (unpaired) electrons. The number of hydrogen-bond acceptors (Lipinski definition) is 7. The van der Waals surface area contributed by atoms with Gasteiger partial charge in [-0.25, -0.2) is 9.97 Å². The molecule has 0 amide bonds. The van der Waals surface area contributed by atoms with Crippen molar-refractivity contribution >= 4 is 33.8 Å². The van der Waals surface area contributed by atoms with E-state index in [9.17, 15) is 0 Å². The number of aromatic nitrogens is 2. The van der Waals surface area contributed by atoms with Crippen molar-refractivity contribution in [2.45, 2.75) is 26.4 Å². The molecule has 2 heterocycles. The number of rotatable bonds is 9. The second-order valence-electron chi connectivity index (χ2n) is 6.55. The van der Waals surface area contributed by atoms with Crippen LogP contribution in [0.15, 0.2) is 35.2 Å². The Hall–Kier alpha value is -2.35. The monoisotopic (exact) mass is 433 g/mol. The molecule has 6 nitrogen and oxygen atoms in total. The zero-order valence-corrected chi connectivity index (χ0v) is 18.5. The summed E-state index contributed by atoms with van der Waals surface area (Å²) >= 11 is 7.53. The molecule has 0 saturated heterocycles. The van der Waals surface area contributed by atoms with E-state index in [1.165, 1.54) is 0 Å². The van der Waals surface area contributed by atoms with Crippen molar-refractivity contribution in [3.8, 4) is 17.4 Å². The Morgan fingerprint density at radius 1 is 1.21 bits per heavy atom. The second kappa shape index (κ2) is 9.43. The van der Waals surface area contributed by atoms with E-state index < -0.39 is 0 Å². The fraction of sp³-hybridized carbons (Fsp3) is 0.333. The van der Waals surface area contributed by atoms with Crippen molar-refractivity contribution in [3.05, 3.63) is 51.5 Å². The summed E-state index contributed by atoms with van der Waals surface area (Å²) in [6.45, 7) is 8.50. The minimum absolute atomic E-state index is 0.0943. The predicted octanol–water partition coefficient (Wildman–Crippen LogP) is 5.00. The molecule has 2 aromatic heterocycles. The largest absolute Gasteiger partial charge is 0.493 e. The minimum Gasteiger partial charge on any atom is -0.493 e. The molecule has 0 bridgehead atoms. The molecule has 29 heavy (non-hydrogen) atoms. The molecule has 3 aromatic rings. The third-order valence-corrected chi connectivity index (χ3v) is 5.30. The first-order chi connectivity index (χ1) is 13.9. The molecule has 1 unspecified atom stereocenters. The molecular formula is C21H24ClN3O3S. The van der Waals surface area contributed by atoms with Gasteiger partial charge in [-0.15, -0.1) is 11.3 Å². The molecule has 0 aliphatic rings. The molecule has 0 saturated carbocycles. The SMILES string of the molecule is C=C(Cl)COc1nc2cc(OC)c(OC)cc2cc1CNC(C)c1csc(C)n1. The van der Waals surface area contributed by atoms with Gasteiger partial charge in [-0.1, -0.05) is 18.2 Å². The summed E-state index contributed by atoms with van der Waals surface area (Å²) in [4.78, 5) is 9.22. The number of methoxy groups -OCH3 is 2. The van der Waals surface area contributed by atoms with Crippen molar-refractivity contribution in [1.82, 2.24) is 15.3 Å². The Labute approximate surface area is 179 Å². The summed E-state index contributed by atoms with van der Waals surface area (Å²) in [5, 5.41) is 7.93. The van der Waals surface area contributed by atoms with Crippen molar-refractivity contribution in [2.75, 3.05) is 20.8 Å².